The second kappa shape index (κ2) is 7.85. The molecule has 0 spiro atoms. The average Bonchev–Trinajstić information content (AvgIpc) is 2.46. The maximum absolute atomic E-state index is 11.7. The lowest BCUT2D eigenvalue weighted by Gasteiger charge is -2.08. The van der Waals surface area contributed by atoms with E-state index in [4.69, 9.17) is 9.47 Å². The summed E-state index contributed by atoms with van der Waals surface area (Å²) in [6.07, 6.45) is -1.12. The van der Waals surface area contributed by atoms with Crippen LogP contribution in [0.1, 0.15) is 17.3 Å². The van der Waals surface area contributed by atoms with Gasteiger partial charge in [0.15, 0.2) is 0 Å². The minimum absolute atomic E-state index is 0.0701. The highest BCUT2D eigenvalue weighted by Crippen LogP contribution is 2.25. The molecule has 1 aromatic rings. The molecule has 0 atom stereocenters. The summed E-state index contributed by atoms with van der Waals surface area (Å²) >= 11 is 0. The molecule has 0 saturated heterocycles. The molecule has 0 bridgehead atoms. The van der Waals surface area contributed by atoms with Crippen molar-refractivity contribution in [2.75, 3.05) is 20.8 Å². The first kappa shape index (κ1) is 15.6. The van der Waals surface area contributed by atoms with Crippen molar-refractivity contribution in [2.24, 2.45) is 0 Å². The van der Waals surface area contributed by atoms with Crippen LogP contribution in [-0.2, 0) is 19.6 Å². The van der Waals surface area contributed by atoms with Crippen molar-refractivity contribution in [3.8, 4) is 11.5 Å². The van der Waals surface area contributed by atoms with E-state index in [0.29, 0.717) is 5.75 Å². The smallest absolute Gasteiger partial charge is 0.497 e. The van der Waals surface area contributed by atoms with Crippen LogP contribution in [0.15, 0.2) is 18.2 Å². The van der Waals surface area contributed by atoms with Crippen molar-refractivity contribution >= 4 is 12.1 Å². The molecular weight excluding hydrogens is 272 g/mol. The lowest BCUT2D eigenvalue weighted by molar-refractivity contribution is -0.452. The van der Waals surface area contributed by atoms with Crippen LogP contribution in [0.2, 0.25) is 0 Å². The molecule has 0 unspecified atom stereocenters. The molecule has 0 heterocycles. The van der Waals surface area contributed by atoms with Crippen LogP contribution in [0.5, 0.6) is 11.5 Å². The van der Waals surface area contributed by atoms with Gasteiger partial charge in [0.25, 0.3) is 0 Å². The van der Waals surface area contributed by atoms with E-state index in [1.807, 2.05) is 0 Å². The Bertz CT molecular complexity index is 471. The van der Waals surface area contributed by atoms with Crippen molar-refractivity contribution in [3.05, 3.63) is 23.8 Å². The van der Waals surface area contributed by atoms with Crippen LogP contribution >= 0.6 is 0 Å². The first-order chi connectivity index (χ1) is 9.62. The average molecular weight is 286 g/mol. The van der Waals surface area contributed by atoms with Crippen LogP contribution in [0.3, 0.4) is 0 Å². The SMILES string of the molecule is CCOC(=O)OOOC(=O)c1ccc(OC)cc1OC. The Labute approximate surface area is 114 Å². The maximum Gasteiger partial charge on any atom is 0.543 e. The van der Waals surface area contributed by atoms with Gasteiger partial charge in [-0.2, -0.15) is 0 Å². The normalized spacial score (nSPS) is 9.55. The van der Waals surface area contributed by atoms with E-state index < -0.39 is 12.1 Å². The van der Waals surface area contributed by atoms with Gasteiger partial charge < -0.3 is 14.2 Å². The van der Waals surface area contributed by atoms with Crippen LogP contribution in [0.4, 0.5) is 4.79 Å². The zero-order chi connectivity index (χ0) is 15.0. The number of rotatable bonds is 6. The molecule has 0 fully saturated rings. The predicted molar refractivity (Wildman–Crippen MR) is 64.2 cm³/mol. The summed E-state index contributed by atoms with van der Waals surface area (Å²) in [5, 5.41) is 4.01. The minimum atomic E-state index is -1.12. The second-order valence-corrected chi connectivity index (χ2v) is 3.27. The van der Waals surface area contributed by atoms with E-state index in [-0.39, 0.29) is 17.9 Å². The van der Waals surface area contributed by atoms with Gasteiger partial charge in [0.1, 0.15) is 17.1 Å². The number of benzene rings is 1. The highest BCUT2D eigenvalue weighted by molar-refractivity contribution is 5.92. The summed E-state index contributed by atoms with van der Waals surface area (Å²) in [5.41, 5.74) is 0.0701. The summed E-state index contributed by atoms with van der Waals surface area (Å²) in [6, 6.07) is 4.43. The van der Waals surface area contributed by atoms with E-state index in [1.54, 1.807) is 6.92 Å². The fraction of sp³-hybridized carbons (Fsp3) is 0.333. The molecule has 0 radical (unpaired) electrons. The lowest BCUT2D eigenvalue weighted by Crippen LogP contribution is -2.12. The van der Waals surface area contributed by atoms with E-state index in [0.717, 1.165) is 0 Å². The third-order valence-electron chi connectivity index (χ3n) is 2.10. The van der Waals surface area contributed by atoms with Crippen molar-refractivity contribution in [1.29, 1.82) is 0 Å². The van der Waals surface area contributed by atoms with Gasteiger partial charge in [-0.3, -0.25) is 4.89 Å². The van der Waals surface area contributed by atoms with E-state index in [9.17, 15) is 9.59 Å². The molecule has 0 N–H and O–H groups in total. The largest absolute Gasteiger partial charge is 0.543 e. The fourth-order valence-corrected chi connectivity index (χ4v) is 1.23. The quantitative estimate of drug-likeness (QED) is 0.445. The summed E-state index contributed by atoms with van der Waals surface area (Å²) in [7, 11) is 2.85. The molecule has 0 saturated carbocycles. The maximum atomic E-state index is 11.7. The first-order valence-electron chi connectivity index (χ1n) is 5.56. The van der Waals surface area contributed by atoms with Gasteiger partial charge in [-0.1, -0.05) is 0 Å². The molecule has 1 rings (SSSR count). The molecule has 0 aliphatic rings. The van der Waals surface area contributed by atoms with Crippen molar-refractivity contribution in [2.45, 2.75) is 6.92 Å². The Morgan fingerprint density at radius 2 is 1.85 bits per heavy atom. The number of carbonyl (C=O) groups excluding carboxylic acids is 2. The van der Waals surface area contributed by atoms with Crippen LogP contribution in [0.25, 0.3) is 0 Å². The highest BCUT2D eigenvalue weighted by atomic mass is 17.5. The molecule has 0 aliphatic heterocycles. The number of hydrogen-bond donors (Lipinski definition) is 0. The van der Waals surface area contributed by atoms with Crippen LogP contribution < -0.4 is 9.47 Å². The zero-order valence-corrected chi connectivity index (χ0v) is 11.2. The molecule has 8 heteroatoms. The van der Waals surface area contributed by atoms with Crippen molar-refractivity contribution in [3.63, 3.8) is 0 Å². The summed E-state index contributed by atoms with van der Waals surface area (Å²) in [6.45, 7) is 1.68. The Morgan fingerprint density at radius 1 is 1.10 bits per heavy atom. The highest BCUT2D eigenvalue weighted by Gasteiger charge is 2.17. The summed E-state index contributed by atoms with van der Waals surface area (Å²) < 4.78 is 14.4. The third-order valence-corrected chi connectivity index (χ3v) is 2.10. The van der Waals surface area contributed by atoms with Gasteiger partial charge in [-0.05, 0) is 19.1 Å². The number of ether oxygens (including phenoxy) is 3. The van der Waals surface area contributed by atoms with Gasteiger partial charge in [-0.15, -0.1) is 0 Å². The van der Waals surface area contributed by atoms with Crippen LogP contribution in [-0.4, -0.2) is 33.0 Å². The van der Waals surface area contributed by atoms with Crippen molar-refractivity contribution < 1.29 is 38.6 Å². The summed E-state index contributed by atoms with van der Waals surface area (Å²) in [5.74, 6) is -0.190. The molecular formula is C12H14O8. The molecule has 0 aromatic heterocycles. The molecule has 110 valence electrons. The minimum Gasteiger partial charge on any atom is -0.497 e. The number of carbonyl (C=O) groups is 2. The Balaban J connectivity index is 2.61. The topological polar surface area (TPSA) is 89.5 Å². The predicted octanol–water partition coefficient (Wildman–Crippen LogP) is 1.88. The molecule has 0 amide bonds. The van der Waals surface area contributed by atoms with Gasteiger partial charge in [0, 0.05) is 6.07 Å². The van der Waals surface area contributed by atoms with Gasteiger partial charge >= 0.3 is 12.1 Å². The second-order valence-electron chi connectivity index (χ2n) is 3.27. The molecule has 8 nitrogen and oxygen atoms in total. The fourth-order valence-electron chi connectivity index (χ4n) is 1.23. The number of methoxy groups -OCH3 is 2. The standard InChI is InChI=1S/C12H14O8/c1-4-17-12(14)19-20-18-11(13)9-6-5-8(15-2)7-10(9)16-3/h5-7H,4H2,1-3H3. The molecule has 0 aliphatic carbocycles. The van der Waals surface area contributed by atoms with Gasteiger partial charge in [0.2, 0.25) is 0 Å². The monoisotopic (exact) mass is 286 g/mol. The Hall–Kier alpha value is -2.48. The Morgan fingerprint density at radius 3 is 2.45 bits per heavy atom. The van der Waals surface area contributed by atoms with Crippen LogP contribution in [0, 0.1) is 0 Å². The van der Waals surface area contributed by atoms with E-state index in [2.05, 4.69) is 19.6 Å². The van der Waals surface area contributed by atoms with E-state index in [1.165, 1.54) is 32.4 Å². The zero-order valence-electron chi connectivity index (χ0n) is 11.2. The van der Waals surface area contributed by atoms with Gasteiger partial charge in [-0.25, -0.2) is 14.5 Å². The number of hydrogen-bond acceptors (Lipinski definition) is 8. The van der Waals surface area contributed by atoms with Gasteiger partial charge in [0.05, 0.1) is 25.9 Å². The van der Waals surface area contributed by atoms with Crippen molar-refractivity contribution in [1.82, 2.24) is 0 Å². The lowest BCUT2D eigenvalue weighted by atomic mass is 10.2. The Kier molecular flexibility index (Phi) is 6.11. The molecule has 1 aromatic carbocycles. The summed E-state index contributed by atoms with van der Waals surface area (Å²) in [4.78, 5) is 30.7. The third kappa shape index (κ3) is 4.32. The van der Waals surface area contributed by atoms with E-state index >= 15 is 0 Å². The first-order valence-corrected chi connectivity index (χ1v) is 5.56. The molecule has 20 heavy (non-hydrogen) atoms.